The van der Waals surface area contributed by atoms with Crippen molar-refractivity contribution in [3.05, 3.63) is 42.0 Å². The van der Waals surface area contributed by atoms with Crippen molar-refractivity contribution in [2.24, 2.45) is 9.98 Å². The molecule has 0 spiro atoms. The Bertz CT molecular complexity index is 452. The van der Waals surface area contributed by atoms with Crippen LogP contribution in [0.4, 0.5) is 0 Å². The molecule has 0 aliphatic carbocycles. The van der Waals surface area contributed by atoms with Crippen LogP contribution in [-0.2, 0) is 0 Å². The first-order chi connectivity index (χ1) is 9.51. The molecule has 0 N–H and O–H groups in total. The van der Waals surface area contributed by atoms with Gasteiger partial charge in [-0.3, -0.25) is 9.98 Å². The fourth-order valence-electron chi connectivity index (χ4n) is 1.50. The van der Waals surface area contributed by atoms with Gasteiger partial charge in [-0.15, -0.1) is 0 Å². The van der Waals surface area contributed by atoms with Crippen LogP contribution in [0.1, 0.15) is 38.8 Å². The van der Waals surface area contributed by atoms with E-state index in [1.54, 1.807) is 6.08 Å². The highest BCUT2D eigenvalue weighted by Crippen LogP contribution is 2.16. The summed E-state index contributed by atoms with van der Waals surface area (Å²) in [6, 6.07) is 6.56. The lowest BCUT2D eigenvalue weighted by Gasteiger charge is -2.07. The van der Waals surface area contributed by atoms with Gasteiger partial charge in [0.05, 0.1) is 0 Å². The molecule has 3 nitrogen and oxygen atoms in total. The molecule has 1 aromatic carbocycles. The average molecular weight is 272 g/mol. The van der Waals surface area contributed by atoms with Gasteiger partial charge in [0.15, 0.2) is 0 Å². The SMILES string of the molecule is C=CCOc1cc(C=NC(C)C)cc(C=NC(C)C)c1. The first-order valence-electron chi connectivity index (χ1n) is 6.96. The van der Waals surface area contributed by atoms with Crippen molar-refractivity contribution in [1.82, 2.24) is 0 Å². The standard InChI is InChI=1S/C17H24N2O/c1-6-7-20-17-9-15(11-18-13(2)3)8-16(10-17)12-19-14(4)5/h6,8-14H,1,7H2,2-5H3. The molecule has 0 saturated carbocycles. The normalized spacial score (nSPS) is 11.9. The maximum Gasteiger partial charge on any atom is 0.121 e. The first-order valence-corrected chi connectivity index (χ1v) is 6.96. The second-order valence-corrected chi connectivity index (χ2v) is 5.18. The zero-order chi connectivity index (χ0) is 15.0. The van der Waals surface area contributed by atoms with Crippen LogP contribution >= 0.6 is 0 Å². The van der Waals surface area contributed by atoms with E-state index in [2.05, 4.69) is 50.3 Å². The number of ether oxygens (including phenoxy) is 1. The molecule has 1 rings (SSSR count). The Labute approximate surface area is 122 Å². The van der Waals surface area contributed by atoms with E-state index in [1.165, 1.54) is 0 Å². The monoisotopic (exact) mass is 272 g/mol. The molecule has 0 radical (unpaired) electrons. The molecule has 0 amide bonds. The van der Waals surface area contributed by atoms with Crippen molar-refractivity contribution in [3.8, 4) is 5.75 Å². The molecule has 0 atom stereocenters. The molecule has 108 valence electrons. The van der Waals surface area contributed by atoms with E-state index in [9.17, 15) is 0 Å². The third-order valence-electron chi connectivity index (χ3n) is 2.36. The van der Waals surface area contributed by atoms with Crippen molar-refractivity contribution in [2.75, 3.05) is 6.61 Å². The second kappa shape index (κ2) is 8.31. The van der Waals surface area contributed by atoms with Gasteiger partial charge in [0, 0.05) is 24.5 Å². The molecule has 0 unspecified atom stereocenters. The van der Waals surface area contributed by atoms with Gasteiger partial charge in [-0.1, -0.05) is 12.7 Å². The van der Waals surface area contributed by atoms with E-state index in [4.69, 9.17) is 4.74 Å². The van der Waals surface area contributed by atoms with Gasteiger partial charge >= 0.3 is 0 Å². The van der Waals surface area contributed by atoms with Crippen molar-refractivity contribution >= 4 is 12.4 Å². The fourth-order valence-corrected chi connectivity index (χ4v) is 1.50. The van der Waals surface area contributed by atoms with Crippen molar-refractivity contribution in [2.45, 2.75) is 39.8 Å². The lowest BCUT2D eigenvalue weighted by molar-refractivity contribution is 0.363. The topological polar surface area (TPSA) is 34.0 Å². The van der Waals surface area contributed by atoms with Crippen LogP contribution in [0.15, 0.2) is 40.8 Å². The number of nitrogens with zero attached hydrogens (tertiary/aromatic N) is 2. The number of hydrogen-bond donors (Lipinski definition) is 0. The molecule has 1 aromatic rings. The Morgan fingerprint density at radius 1 is 1.00 bits per heavy atom. The summed E-state index contributed by atoms with van der Waals surface area (Å²) in [6.07, 6.45) is 5.48. The summed E-state index contributed by atoms with van der Waals surface area (Å²) in [4.78, 5) is 8.81. The highest BCUT2D eigenvalue weighted by atomic mass is 16.5. The highest BCUT2D eigenvalue weighted by Gasteiger charge is 2.00. The van der Waals surface area contributed by atoms with E-state index >= 15 is 0 Å². The predicted octanol–water partition coefficient (Wildman–Crippen LogP) is 3.91. The van der Waals surface area contributed by atoms with E-state index in [0.29, 0.717) is 6.61 Å². The third kappa shape index (κ3) is 6.32. The van der Waals surface area contributed by atoms with Gasteiger partial charge < -0.3 is 4.74 Å². The zero-order valence-corrected chi connectivity index (χ0v) is 12.8. The highest BCUT2D eigenvalue weighted by molar-refractivity contribution is 5.87. The van der Waals surface area contributed by atoms with E-state index in [-0.39, 0.29) is 12.1 Å². The molecule has 0 fully saturated rings. The maximum atomic E-state index is 5.61. The van der Waals surface area contributed by atoms with Crippen molar-refractivity contribution in [1.29, 1.82) is 0 Å². The molecule has 0 bridgehead atoms. The number of benzene rings is 1. The van der Waals surface area contributed by atoms with Crippen LogP contribution in [0.3, 0.4) is 0 Å². The molecule has 0 aliphatic rings. The Kier molecular flexibility index (Phi) is 6.71. The summed E-state index contributed by atoms with van der Waals surface area (Å²) in [5.41, 5.74) is 2.04. The minimum Gasteiger partial charge on any atom is -0.490 e. The summed E-state index contributed by atoms with van der Waals surface area (Å²) in [6.45, 7) is 12.4. The fraction of sp³-hybridized carbons (Fsp3) is 0.412. The molecule has 0 saturated heterocycles. The van der Waals surface area contributed by atoms with E-state index in [0.717, 1.165) is 16.9 Å². The summed E-state index contributed by atoms with van der Waals surface area (Å²) in [5, 5.41) is 0. The lowest BCUT2D eigenvalue weighted by atomic mass is 10.1. The second-order valence-electron chi connectivity index (χ2n) is 5.18. The van der Waals surface area contributed by atoms with Gasteiger partial charge in [0.2, 0.25) is 0 Å². The third-order valence-corrected chi connectivity index (χ3v) is 2.36. The lowest BCUT2D eigenvalue weighted by Crippen LogP contribution is -1.98. The van der Waals surface area contributed by atoms with E-state index in [1.807, 2.05) is 24.6 Å². The number of rotatable bonds is 7. The van der Waals surface area contributed by atoms with Gasteiger partial charge in [0.1, 0.15) is 12.4 Å². The molecule has 0 aliphatic heterocycles. The Morgan fingerprint density at radius 3 is 1.90 bits per heavy atom. The molecule has 20 heavy (non-hydrogen) atoms. The largest absolute Gasteiger partial charge is 0.490 e. The predicted molar refractivity (Wildman–Crippen MR) is 87.6 cm³/mol. The molecule has 0 heterocycles. The van der Waals surface area contributed by atoms with Crippen LogP contribution in [0.25, 0.3) is 0 Å². The van der Waals surface area contributed by atoms with Crippen LogP contribution in [0, 0.1) is 0 Å². The Balaban J connectivity index is 3.03. The number of aliphatic imine (C=N–C) groups is 2. The summed E-state index contributed by atoms with van der Waals surface area (Å²) >= 11 is 0. The van der Waals surface area contributed by atoms with Crippen molar-refractivity contribution in [3.63, 3.8) is 0 Å². The van der Waals surface area contributed by atoms with Crippen molar-refractivity contribution < 1.29 is 4.74 Å². The summed E-state index contributed by atoms with van der Waals surface area (Å²) < 4.78 is 5.61. The molecular formula is C17H24N2O. The maximum absolute atomic E-state index is 5.61. The van der Waals surface area contributed by atoms with E-state index < -0.39 is 0 Å². The quantitative estimate of drug-likeness (QED) is 0.547. The summed E-state index contributed by atoms with van der Waals surface area (Å²) in [7, 11) is 0. The van der Waals surface area contributed by atoms with Gasteiger partial charge in [-0.05, 0) is 57.0 Å². The Hall–Kier alpha value is -1.90. The minimum absolute atomic E-state index is 0.278. The zero-order valence-electron chi connectivity index (χ0n) is 12.8. The van der Waals surface area contributed by atoms with Gasteiger partial charge in [-0.25, -0.2) is 0 Å². The van der Waals surface area contributed by atoms with Gasteiger partial charge in [0.25, 0.3) is 0 Å². The van der Waals surface area contributed by atoms with Crippen LogP contribution in [0.5, 0.6) is 5.75 Å². The smallest absolute Gasteiger partial charge is 0.121 e. The van der Waals surface area contributed by atoms with Crippen LogP contribution < -0.4 is 4.74 Å². The summed E-state index contributed by atoms with van der Waals surface area (Å²) in [5.74, 6) is 0.808. The Morgan fingerprint density at radius 2 is 1.50 bits per heavy atom. The van der Waals surface area contributed by atoms with Crippen LogP contribution in [-0.4, -0.2) is 31.1 Å². The molecule has 0 aromatic heterocycles. The molecular weight excluding hydrogens is 248 g/mol. The average Bonchev–Trinajstić information content (AvgIpc) is 2.40. The number of hydrogen-bond acceptors (Lipinski definition) is 3. The molecule has 3 heteroatoms. The first kappa shape index (κ1) is 16.2. The minimum atomic E-state index is 0.278. The van der Waals surface area contributed by atoms with Gasteiger partial charge in [-0.2, -0.15) is 0 Å². The van der Waals surface area contributed by atoms with Crippen LogP contribution in [0.2, 0.25) is 0 Å².